The van der Waals surface area contributed by atoms with E-state index in [0.29, 0.717) is 13.2 Å². The molecule has 0 spiro atoms. The van der Waals surface area contributed by atoms with Crippen LogP contribution in [0.25, 0.3) is 10.4 Å². The molecule has 0 saturated carbocycles. The molecule has 0 radical (unpaired) electrons. The molecular weight excluding hydrogens is 356 g/mol. The smallest absolute Gasteiger partial charge is 0.214 e. The highest BCUT2D eigenvalue weighted by Crippen LogP contribution is 2.33. The van der Waals surface area contributed by atoms with E-state index in [4.69, 9.17) is 10.5 Å². The summed E-state index contributed by atoms with van der Waals surface area (Å²) >= 11 is 1.56. The van der Waals surface area contributed by atoms with E-state index in [1.807, 2.05) is 12.1 Å². The molecule has 1 aromatic heterocycles. The average molecular weight is 381 g/mol. The summed E-state index contributed by atoms with van der Waals surface area (Å²) in [6.45, 7) is 4.42. The van der Waals surface area contributed by atoms with Crippen molar-refractivity contribution in [2.75, 3.05) is 18.9 Å². The summed E-state index contributed by atoms with van der Waals surface area (Å²) in [4.78, 5) is 1.13. The molecule has 3 N–H and O–H groups in total. The normalized spacial score (nSPS) is 21.6. The number of hydrogen-bond donors (Lipinski definition) is 2. The van der Waals surface area contributed by atoms with E-state index >= 15 is 0 Å². The van der Waals surface area contributed by atoms with E-state index in [9.17, 15) is 8.42 Å². The van der Waals surface area contributed by atoms with Gasteiger partial charge in [-0.3, -0.25) is 0 Å². The summed E-state index contributed by atoms with van der Waals surface area (Å²) in [7, 11) is -3.33. The Kier molecular flexibility index (Phi) is 5.48. The summed E-state index contributed by atoms with van der Waals surface area (Å²) < 4.78 is 32.8. The molecule has 1 aromatic carbocycles. The molecule has 25 heavy (non-hydrogen) atoms. The Morgan fingerprint density at radius 1 is 1.20 bits per heavy atom. The Bertz CT molecular complexity index is 813. The van der Waals surface area contributed by atoms with E-state index in [0.717, 1.165) is 27.4 Å². The lowest BCUT2D eigenvalue weighted by Crippen LogP contribution is -2.47. The first-order valence-electron chi connectivity index (χ1n) is 8.41. The molecule has 7 heteroatoms. The standard InChI is InChI=1S/C18H24N2O3S2/c1-12(2)25(21,22)20-16-11-23-10-9-15(16)13-3-5-14(6-4-13)17-7-8-18(19)24-17/h3-8,12,15-16,20H,9-11,19H2,1-2H3/t15-,16+/m0/s1. The molecule has 2 aromatic rings. The maximum Gasteiger partial charge on any atom is 0.214 e. The van der Waals surface area contributed by atoms with Crippen molar-refractivity contribution in [3.63, 3.8) is 0 Å². The van der Waals surface area contributed by atoms with E-state index in [1.54, 1.807) is 25.2 Å². The molecule has 0 bridgehead atoms. The third-order valence-electron chi connectivity index (χ3n) is 4.54. The summed E-state index contributed by atoms with van der Waals surface area (Å²) in [6.07, 6.45) is 0.802. The predicted octanol–water partition coefficient (Wildman–Crippen LogP) is 3.20. The predicted molar refractivity (Wildman–Crippen MR) is 103 cm³/mol. The zero-order valence-electron chi connectivity index (χ0n) is 14.4. The van der Waals surface area contributed by atoms with Gasteiger partial charge in [0.2, 0.25) is 10.0 Å². The SMILES string of the molecule is CC(C)S(=O)(=O)N[C@@H]1COCC[C@H]1c1ccc(-c2ccc(N)s2)cc1. The minimum Gasteiger partial charge on any atom is -0.391 e. The Labute approximate surface area is 153 Å². The van der Waals surface area contributed by atoms with E-state index in [2.05, 4.69) is 29.0 Å². The molecule has 0 unspecified atom stereocenters. The van der Waals surface area contributed by atoms with Crippen LogP contribution in [0.15, 0.2) is 36.4 Å². The van der Waals surface area contributed by atoms with Crippen molar-refractivity contribution < 1.29 is 13.2 Å². The molecule has 3 rings (SSSR count). The van der Waals surface area contributed by atoms with Gasteiger partial charge >= 0.3 is 0 Å². The summed E-state index contributed by atoms with van der Waals surface area (Å²) in [5, 5.41) is 0.341. The third-order valence-corrected chi connectivity index (χ3v) is 7.38. The number of sulfonamides is 1. The van der Waals surface area contributed by atoms with Crippen LogP contribution in [0.4, 0.5) is 5.00 Å². The lowest BCUT2D eigenvalue weighted by Gasteiger charge is -2.33. The summed E-state index contributed by atoms with van der Waals surface area (Å²) in [6, 6.07) is 12.0. The number of nitrogens with one attached hydrogen (secondary N) is 1. The fourth-order valence-corrected chi connectivity index (χ4v) is 4.71. The van der Waals surface area contributed by atoms with Crippen LogP contribution in [0.2, 0.25) is 0 Å². The van der Waals surface area contributed by atoms with Crippen molar-refractivity contribution in [1.29, 1.82) is 0 Å². The molecule has 0 aliphatic carbocycles. The van der Waals surface area contributed by atoms with Crippen LogP contribution in [0.5, 0.6) is 0 Å². The van der Waals surface area contributed by atoms with Gasteiger partial charge in [-0.2, -0.15) is 0 Å². The molecular formula is C18H24N2O3S2. The van der Waals surface area contributed by atoms with Crippen molar-refractivity contribution in [3.8, 4) is 10.4 Å². The van der Waals surface area contributed by atoms with Crippen LogP contribution in [-0.4, -0.2) is 32.9 Å². The van der Waals surface area contributed by atoms with Gasteiger partial charge in [-0.05, 0) is 43.5 Å². The van der Waals surface area contributed by atoms with Gasteiger partial charge in [0.05, 0.1) is 22.9 Å². The topological polar surface area (TPSA) is 81.4 Å². The Morgan fingerprint density at radius 2 is 1.92 bits per heavy atom. The van der Waals surface area contributed by atoms with Crippen LogP contribution in [0.3, 0.4) is 0 Å². The third kappa shape index (κ3) is 4.23. The second kappa shape index (κ2) is 7.45. The van der Waals surface area contributed by atoms with Crippen LogP contribution in [-0.2, 0) is 14.8 Å². The summed E-state index contributed by atoms with van der Waals surface area (Å²) in [5.41, 5.74) is 8.06. The molecule has 5 nitrogen and oxygen atoms in total. The van der Waals surface area contributed by atoms with Gasteiger partial charge in [-0.25, -0.2) is 13.1 Å². The molecule has 0 amide bonds. The highest BCUT2D eigenvalue weighted by atomic mass is 32.2. The number of nitrogens with two attached hydrogens (primary N) is 1. The minimum atomic E-state index is -3.33. The number of hydrogen-bond acceptors (Lipinski definition) is 5. The maximum absolute atomic E-state index is 12.2. The Hall–Kier alpha value is -1.41. The Morgan fingerprint density at radius 3 is 2.52 bits per heavy atom. The first-order chi connectivity index (χ1) is 11.9. The zero-order valence-corrected chi connectivity index (χ0v) is 16.1. The highest BCUT2D eigenvalue weighted by Gasteiger charge is 2.31. The minimum absolute atomic E-state index is 0.115. The van der Waals surface area contributed by atoms with Crippen molar-refractivity contribution in [2.45, 2.75) is 37.5 Å². The molecule has 1 aliphatic heterocycles. The van der Waals surface area contributed by atoms with E-state index < -0.39 is 15.3 Å². The van der Waals surface area contributed by atoms with Gasteiger partial charge in [0, 0.05) is 17.4 Å². The Balaban J connectivity index is 1.80. The highest BCUT2D eigenvalue weighted by molar-refractivity contribution is 7.90. The van der Waals surface area contributed by atoms with Crippen molar-refractivity contribution >= 4 is 26.4 Å². The summed E-state index contributed by atoms with van der Waals surface area (Å²) in [5.74, 6) is 0.115. The largest absolute Gasteiger partial charge is 0.391 e. The van der Waals surface area contributed by atoms with Gasteiger partial charge in [0.15, 0.2) is 0 Å². The van der Waals surface area contributed by atoms with Gasteiger partial charge in [0.25, 0.3) is 0 Å². The lowest BCUT2D eigenvalue weighted by atomic mass is 9.87. The van der Waals surface area contributed by atoms with Crippen LogP contribution >= 0.6 is 11.3 Å². The quantitative estimate of drug-likeness (QED) is 0.835. The number of thiophene rings is 1. The van der Waals surface area contributed by atoms with Crippen LogP contribution in [0, 0.1) is 0 Å². The average Bonchev–Trinajstić information content (AvgIpc) is 3.01. The fourth-order valence-electron chi connectivity index (χ4n) is 3.00. The van der Waals surface area contributed by atoms with Gasteiger partial charge in [-0.15, -0.1) is 11.3 Å². The van der Waals surface area contributed by atoms with Crippen molar-refractivity contribution in [3.05, 3.63) is 42.0 Å². The van der Waals surface area contributed by atoms with E-state index in [-0.39, 0.29) is 12.0 Å². The number of ether oxygens (including phenoxy) is 1. The van der Waals surface area contributed by atoms with Crippen LogP contribution in [0.1, 0.15) is 31.7 Å². The zero-order chi connectivity index (χ0) is 18.0. The fraction of sp³-hybridized carbons (Fsp3) is 0.444. The molecule has 1 aliphatic rings. The molecule has 2 atom stereocenters. The number of anilines is 1. The lowest BCUT2D eigenvalue weighted by molar-refractivity contribution is 0.0644. The second-order valence-corrected chi connectivity index (χ2v) is 10.00. The number of benzene rings is 1. The van der Waals surface area contributed by atoms with Crippen molar-refractivity contribution in [1.82, 2.24) is 4.72 Å². The number of nitrogen functional groups attached to an aromatic ring is 1. The molecule has 136 valence electrons. The van der Waals surface area contributed by atoms with E-state index in [1.165, 1.54) is 0 Å². The number of rotatable bonds is 5. The molecule has 1 saturated heterocycles. The first kappa shape index (κ1) is 18.4. The second-order valence-electron chi connectivity index (χ2n) is 6.61. The van der Waals surface area contributed by atoms with Gasteiger partial charge in [-0.1, -0.05) is 24.3 Å². The molecule has 2 heterocycles. The van der Waals surface area contributed by atoms with Crippen molar-refractivity contribution in [2.24, 2.45) is 0 Å². The monoisotopic (exact) mass is 380 g/mol. The van der Waals surface area contributed by atoms with Gasteiger partial charge < -0.3 is 10.5 Å². The van der Waals surface area contributed by atoms with Gasteiger partial charge in [0.1, 0.15) is 0 Å². The molecule has 1 fully saturated rings. The van der Waals surface area contributed by atoms with Crippen LogP contribution < -0.4 is 10.5 Å². The maximum atomic E-state index is 12.2. The first-order valence-corrected chi connectivity index (χ1v) is 10.8.